The number of carbonyl (C=O) groups is 1. The van der Waals surface area contributed by atoms with E-state index in [0.29, 0.717) is 17.6 Å². The highest BCUT2D eigenvalue weighted by Gasteiger charge is 2.29. The van der Waals surface area contributed by atoms with E-state index in [4.69, 9.17) is 9.15 Å². The van der Waals surface area contributed by atoms with Gasteiger partial charge in [0.2, 0.25) is 10.0 Å². The van der Waals surface area contributed by atoms with Crippen LogP contribution in [0.15, 0.2) is 56.6 Å². The van der Waals surface area contributed by atoms with E-state index in [2.05, 4.69) is 4.72 Å². The Morgan fingerprint density at radius 3 is 2.36 bits per heavy atom. The molecule has 0 fully saturated rings. The molecule has 0 aliphatic rings. The van der Waals surface area contributed by atoms with E-state index in [0.717, 1.165) is 16.5 Å². The summed E-state index contributed by atoms with van der Waals surface area (Å²) in [6.45, 7) is 9.28. The van der Waals surface area contributed by atoms with Crippen LogP contribution < -0.4 is 15.1 Å². The maximum atomic E-state index is 13.0. The third kappa shape index (κ3) is 5.69. The Balaban J connectivity index is 1.91. The summed E-state index contributed by atoms with van der Waals surface area (Å²) in [6.07, 6.45) is 0.906. The molecule has 0 saturated carbocycles. The highest BCUT2D eigenvalue weighted by atomic mass is 32.2. The van der Waals surface area contributed by atoms with Crippen molar-refractivity contribution in [3.05, 3.63) is 69.6 Å². The molecule has 0 saturated heterocycles. The molecule has 0 bridgehead atoms. The van der Waals surface area contributed by atoms with Gasteiger partial charge in [0.15, 0.2) is 0 Å². The summed E-state index contributed by atoms with van der Waals surface area (Å²) >= 11 is 0. The number of esters is 1. The Morgan fingerprint density at radius 1 is 1.09 bits per heavy atom. The number of fused-ring (bicyclic) bond motifs is 1. The van der Waals surface area contributed by atoms with E-state index >= 15 is 0 Å². The zero-order valence-corrected chi connectivity index (χ0v) is 20.3. The third-order valence-electron chi connectivity index (χ3n) is 5.41. The molecule has 1 N–H and O–H groups in total. The predicted octanol–water partition coefficient (Wildman–Crippen LogP) is 4.27. The van der Waals surface area contributed by atoms with Crippen LogP contribution >= 0.6 is 0 Å². The number of hydrogen-bond acceptors (Lipinski definition) is 6. The minimum absolute atomic E-state index is 0.0334. The van der Waals surface area contributed by atoms with Gasteiger partial charge in [-0.25, -0.2) is 18.0 Å². The Kier molecular flexibility index (Phi) is 7.39. The normalized spacial score (nSPS) is 12.8. The standard InChI is InChI=1S/C25H29NO6S/c1-6-18-14-23(27)32-24-17(5)22(12-11-20(18)24)31-25(28)21(13-15(2)3)26-33(29,30)19-9-7-16(4)8-10-19/h7-12,14-15,21,26H,6,13H2,1-5H3/t21-/m0/s1. The number of hydrogen-bond donors (Lipinski definition) is 1. The Bertz CT molecular complexity index is 1320. The molecule has 3 aromatic rings. The quantitative estimate of drug-likeness (QED) is 0.299. The van der Waals surface area contributed by atoms with Crippen LogP contribution in [0.1, 0.15) is 43.9 Å². The van der Waals surface area contributed by atoms with E-state index in [-0.39, 0.29) is 23.0 Å². The van der Waals surface area contributed by atoms with Gasteiger partial charge in [0, 0.05) is 17.0 Å². The number of nitrogens with one attached hydrogen (secondary N) is 1. The lowest BCUT2D eigenvalue weighted by Gasteiger charge is -2.20. The van der Waals surface area contributed by atoms with Crippen LogP contribution in [0.2, 0.25) is 0 Å². The van der Waals surface area contributed by atoms with Gasteiger partial charge in [0.05, 0.1) is 4.90 Å². The second-order valence-electron chi connectivity index (χ2n) is 8.55. The van der Waals surface area contributed by atoms with E-state index in [1.54, 1.807) is 31.2 Å². The van der Waals surface area contributed by atoms with Gasteiger partial charge in [-0.2, -0.15) is 4.72 Å². The minimum atomic E-state index is -3.93. The molecular weight excluding hydrogens is 442 g/mol. The molecule has 0 aliphatic heterocycles. The fourth-order valence-corrected chi connectivity index (χ4v) is 4.82. The van der Waals surface area contributed by atoms with E-state index in [1.165, 1.54) is 18.2 Å². The first kappa shape index (κ1) is 24.7. The molecule has 33 heavy (non-hydrogen) atoms. The zero-order chi connectivity index (χ0) is 24.3. The van der Waals surface area contributed by atoms with Crippen molar-refractivity contribution in [2.45, 2.75) is 58.4 Å². The van der Waals surface area contributed by atoms with Crippen LogP contribution in [0, 0.1) is 19.8 Å². The van der Waals surface area contributed by atoms with Crippen molar-refractivity contribution in [3.8, 4) is 5.75 Å². The SMILES string of the molecule is CCc1cc(=O)oc2c(C)c(OC(=O)[C@H](CC(C)C)NS(=O)(=O)c3ccc(C)cc3)ccc12. The van der Waals surface area contributed by atoms with Gasteiger partial charge in [-0.15, -0.1) is 0 Å². The van der Waals surface area contributed by atoms with Gasteiger partial charge in [-0.3, -0.25) is 0 Å². The van der Waals surface area contributed by atoms with Crippen molar-refractivity contribution in [1.29, 1.82) is 0 Å². The summed E-state index contributed by atoms with van der Waals surface area (Å²) < 4.78 is 39.2. The second kappa shape index (κ2) is 9.89. The first-order chi connectivity index (χ1) is 15.5. The summed E-state index contributed by atoms with van der Waals surface area (Å²) in [5.74, 6) is -0.478. The third-order valence-corrected chi connectivity index (χ3v) is 6.90. The Hall–Kier alpha value is -2.97. The van der Waals surface area contributed by atoms with Gasteiger partial charge < -0.3 is 9.15 Å². The smallest absolute Gasteiger partial charge is 0.336 e. The van der Waals surface area contributed by atoms with Crippen molar-refractivity contribution in [2.24, 2.45) is 5.92 Å². The molecule has 1 heterocycles. The molecule has 7 nitrogen and oxygen atoms in total. The highest BCUT2D eigenvalue weighted by Crippen LogP contribution is 2.29. The molecule has 0 spiro atoms. The fraction of sp³-hybridized carbons (Fsp3) is 0.360. The molecule has 1 aromatic heterocycles. The summed E-state index contributed by atoms with van der Waals surface area (Å²) in [4.78, 5) is 25.1. The molecule has 3 rings (SSSR count). The number of aryl methyl sites for hydroxylation is 3. The van der Waals surface area contributed by atoms with Gasteiger partial charge in [-0.1, -0.05) is 38.5 Å². The monoisotopic (exact) mass is 471 g/mol. The molecule has 0 radical (unpaired) electrons. The van der Waals surface area contributed by atoms with Crippen LogP contribution in [0.4, 0.5) is 0 Å². The number of sulfonamides is 1. The van der Waals surface area contributed by atoms with Gasteiger partial charge in [0.25, 0.3) is 0 Å². The molecular formula is C25H29NO6S. The lowest BCUT2D eigenvalue weighted by atomic mass is 10.0. The summed E-state index contributed by atoms with van der Waals surface area (Å²) in [7, 11) is -3.93. The molecule has 0 amide bonds. The van der Waals surface area contributed by atoms with Crippen molar-refractivity contribution in [1.82, 2.24) is 4.72 Å². The van der Waals surface area contributed by atoms with Crippen molar-refractivity contribution < 1.29 is 22.4 Å². The first-order valence-electron chi connectivity index (χ1n) is 10.9. The average Bonchev–Trinajstić information content (AvgIpc) is 2.74. The number of carbonyl (C=O) groups excluding carboxylic acids is 1. The Labute approximate surface area is 193 Å². The predicted molar refractivity (Wildman–Crippen MR) is 127 cm³/mol. The van der Waals surface area contributed by atoms with Crippen LogP contribution in [-0.4, -0.2) is 20.4 Å². The van der Waals surface area contributed by atoms with Crippen LogP contribution in [-0.2, 0) is 21.2 Å². The fourth-order valence-electron chi connectivity index (χ4n) is 3.63. The van der Waals surface area contributed by atoms with Gasteiger partial charge in [0.1, 0.15) is 17.4 Å². The van der Waals surface area contributed by atoms with Crippen molar-refractivity contribution in [2.75, 3.05) is 0 Å². The summed E-state index contributed by atoms with van der Waals surface area (Å²) in [6, 6.07) is 10.1. The maximum Gasteiger partial charge on any atom is 0.336 e. The maximum absolute atomic E-state index is 13.0. The zero-order valence-electron chi connectivity index (χ0n) is 19.5. The molecule has 1 atom stereocenters. The molecule has 176 valence electrons. The molecule has 0 unspecified atom stereocenters. The lowest BCUT2D eigenvalue weighted by Crippen LogP contribution is -2.43. The van der Waals surface area contributed by atoms with E-state index in [9.17, 15) is 18.0 Å². The number of rotatable bonds is 8. The van der Waals surface area contributed by atoms with Crippen LogP contribution in [0.5, 0.6) is 5.75 Å². The second-order valence-corrected chi connectivity index (χ2v) is 10.3. The van der Waals surface area contributed by atoms with Gasteiger partial charge in [-0.05, 0) is 62.4 Å². The molecule has 0 aliphatic carbocycles. The number of benzene rings is 2. The summed E-state index contributed by atoms with van der Waals surface area (Å²) in [5, 5.41) is 0.771. The molecule has 2 aromatic carbocycles. The van der Waals surface area contributed by atoms with Crippen molar-refractivity contribution >= 4 is 27.0 Å². The van der Waals surface area contributed by atoms with Crippen LogP contribution in [0.25, 0.3) is 11.0 Å². The van der Waals surface area contributed by atoms with E-state index < -0.39 is 27.7 Å². The topological polar surface area (TPSA) is 103 Å². The van der Waals surface area contributed by atoms with Crippen molar-refractivity contribution in [3.63, 3.8) is 0 Å². The summed E-state index contributed by atoms with van der Waals surface area (Å²) in [5.41, 5.74) is 2.14. The lowest BCUT2D eigenvalue weighted by molar-refractivity contribution is -0.136. The highest BCUT2D eigenvalue weighted by molar-refractivity contribution is 7.89. The van der Waals surface area contributed by atoms with E-state index in [1.807, 2.05) is 27.7 Å². The largest absolute Gasteiger partial charge is 0.425 e. The average molecular weight is 472 g/mol. The van der Waals surface area contributed by atoms with Gasteiger partial charge >= 0.3 is 11.6 Å². The van der Waals surface area contributed by atoms with Crippen LogP contribution in [0.3, 0.4) is 0 Å². The number of ether oxygens (including phenoxy) is 1. The molecule has 8 heteroatoms. The first-order valence-corrected chi connectivity index (χ1v) is 12.4. The Morgan fingerprint density at radius 2 is 1.76 bits per heavy atom. The minimum Gasteiger partial charge on any atom is -0.425 e.